The molecule has 0 radical (unpaired) electrons. The molecule has 0 aromatic rings. The largest absolute Gasteiger partial charge is 0.352 e. The molecule has 0 heterocycles. The summed E-state index contributed by atoms with van der Waals surface area (Å²) in [7, 11) is 1.71. The summed E-state index contributed by atoms with van der Waals surface area (Å²) < 4.78 is 0. The average molecular weight is 280 g/mol. The van der Waals surface area contributed by atoms with Crippen molar-refractivity contribution < 1.29 is 9.59 Å². The van der Waals surface area contributed by atoms with E-state index in [2.05, 4.69) is 16.7 Å². The topological polar surface area (TPSA) is 85.2 Å². The zero-order valence-corrected chi connectivity index (χ0v) is 12.7. The number of nitrogens with one attached hydrogen (secondary N) is 2. The number of carbonyl (C=O) groups is 2. The van der Waals surface area contributed by atoms with Crippen LogP contribution in [0.2, 0.25) is 0 Å². The van der Waals surface area contributed by atoms with Crippen molar-refractivity contribution in [3.63, 3.8) is 0 Å². The summed E-state index contributed by atoms with van der Waals surface area (Å²) in [5.41, 5.74) is -0.881. The Morgan fingerprint density at radius 3 is 2.35 bits per heavy atom. The Morgan fingerprint density at radius 2 is 1.90 bits per heavy atom. The van der Waals surface area contributed by atoms with Gasteiger partial charge in [-0.2, -0.15) is 5.26 Å². The van der Waals surface area contributed by atoms with Crippen LogP contribution in [0.4, 0.5) is 0 Å². The van der Waals surface area contributed by atoms with Crippen LogP contribution in [0.3, 0.4) is 0 Å². The van der Waals surface area contributed by atoms with Crippen molar-refractivity contribution in [3.8, 4) is 6.07 Å². The van der Waals surface area contributed by atoms with Crippen LogP contribution in [-0.2, 0) is 9.59 Å². The molecule has 0 aromatic carbocycles. The van der Waals surface area contributed by atoms with Crippen molar-refractivity contribution in [1.29, 1.82) is 5.26 Å². The molecule has 0 aliphatic heterocycles. The van der Waals surface area contributed by atoms with Gasteiger partial charge in [-0.15, -0.1) is 0 Å². The maximum Gasteiger partial charge on any atom is 0.235 e. The lowest BCUT2D eigenvalue weighted by Gasteiger charge is -2.28. The summed E-state index contributed by atoms with van der Waals surface area (Å²) in [6.45, 7) is 5.76. The van der Waals surface area contributed by atoms with Crippen molar-refractivity contribution in [2.24, 2.45) is 5.92 Å². The van der Waals surface area contributed by atoms with E-state index in [0.717, 1.165) is 12.8 Å². The lowest BCUT2D eigenvalue weighted by Crippen LogP contribution is -2.52. The van der Waals surface area contributed by atoms with E-state index >= 15 is 0 Å². The number of amides is 2. The molecule has 1 atom stereocenters. The zero-order valence-electron chi connectivity index (χ0n) is 12.7. The summed E-state index contributed by atoms with van der Waals surface area (Å²) in [5, 5.41) is 14.7. The van der Waals surface area contributed by atoms with Gasteiger partial charge in [0.15, 0.2) is 0 Å². The minimum Gasteiger partial charge on any atom is -0.352 e. The first-order chi connectivity index (χ1) is 9.26. The standard InChI is InChI=1S/C14H24N4O2/c1-10(2)14(3,9-15)17-13(20)8-18(4)7-12(19)16-11-5-6-11/h10-11H,5-8H2,1-4H3,(H,16,19)(H,17,20)/t14-/m0/s1. The van der Waals surface area contributed by atoms with Gasteiger partial charge in [-0.05, 0) is 32.7 Å². The van der Waals surface area contributed by atoms with Crippen molar-refractivity contribution in [2.75, 3.05) is 20.1 Å². The molecule has 0 aromatic heterocycles. The summed E-state index contributed by atoms with van der Waals surface area (Å²) in [4.78, 5) is 25.2. The van der Waals surface area contributed by atoms with Crippen LogP contribution in [0.1, 0.15) is 33.6 Å². The minimum absolute atomic E-state index is 0.0138. The first kappa shape index (κ1) is 16.4. The molecule has 1 aliphatic carbocycles. The second kappa shape index (κ2) is 6.71. The molecule has 6 heteroatoms. The molecular weight excluding hydrogens is 256 g/mol. The molecule has 1 aliphatic rings. The number of likely N-dealkylation sites (N-methyl/N-ethyl adjacent to an activating group) is 1. The number of hydrogen-bond acceptors (Lipinski definition) is 4. The van der Waals surface area contributed by atoms with Crippen molar-refractivity contribution >= 4 is 11.8 Å². The Morgan fingerprint density at radius 1 is 1.35 bits per heavy atom. The Kier molecular flexibility index (Phi) is 5.52. The molecule has 1 saturated carbocycles. The fourth-order valence-electron chi connectivity index (χ4n) is 1.68. The molecule has 20 heavy (non-hydrogen) atoms. The van der Waals surface area contributed by atoms with Crippen molar-refractivity contribution in [2.45, 2.75) is 45.2 Å². The van der Waals surface area contributed by atoms with E-state index in [0.29, 0.717) is 6.04 Å². The molecule has 112 valence electrons. The van der Waals surface area contributed by atoms with E-state index in [1.807, 2.05) is 13.8 Å². The maximum absolute atomic E-state index is 11.9. The first-order valence-corrected chi connectivity index (χ1v) is 6.97. The lowest BCUT2D eigenvalue weighted by atomic mass is 9.90. The summed E-state index contributed by atoms with van der Waals surface area (Å²) in [5.74, 6) is -0.293. The Hall–Kier alpha value is -1.61. The molecule has 0 spiro atoms. The van der Waals surface area contributed by atoms with E-state index < -0.39 is 5.54 Å². The van der Waals surface area contributed by atoms with Gasteiger partial charge in [-0.25, -0.2) is 0 Å². The highest BCUT2D eigenvalue weighted by molar-refractivity contribution is 5.82. The van der Waals surface area contributed by atoms with Crippen molar-refractivity contribution in [3.05, 3.63) is 0 Å². The van der Waals surface area contributed by atoms with Gasteiger partial charge < -0.3 is 10.6 Å². The molecule has 1 fully saturated rings. The Balaban J connectivity index is 2.37. The molecule has 2 N–H and O–H groups in total. The fraction of sp³-hybridized carbons (Fsp3) is 0.786. The predicted molar refractivity (Wildman–Crippen MR) is 75.7 cm³/mol. The van der Waals surface area contributed by atoms with Crippen LogP contribution in [0.15, 0.2) is 0 Å². The van der Waals surface area contributed by atoms with Crippen LogP contribution in [0, 0.1) is 17.2 Å². The van der Waals surface area contributed by atoms with E-state index in [9.17, 15) is 9.59 Å². The second-order valence-corrected chi connectivity index (χ2v) is 6.03. The smallest absolute Gasteiger partial charge is 0.235 e. The molecule has 1 rings (SSSR count). The van der Waals surface area contributed by atoms with Gasteiger partial charge in [-0.3, -0.25) is 14.5 Å². The Labute approximate surface area is 120 Å². The zero-order chi connectivity index (χ0) is 15.3. The molecule has 0 saturated heterocycles. The number of rotatable bonds is 7. The van der Waals surface area contributed by atoms with Crippen LogP contribution < -0.4 is 10.6 Å². The fourth-order valence-corrected chi connectivity index (χ4v) is 1.68. The van der Waals surface area contributed by atoms with Crippen LogP contribution in [0.25, 0.3) is 0 Å². The van der Waals surface area contributed by atoms with Crippen LogP contribution in [0.5, 0.6) is 0 Å². The van der Waals surface area contributed by atoms with E-state index in [1.165, 1.54) is 0 Å². The van der Waals surface area contributed by atoms with Crippen LogP contribution >= 0.6 is 0 Å². The van der Waals surface area contributed by atoms with Crippen molar-refractivity contribution in [1.82, 2.24) is 15.5 Å². The summed E-state index contributed by atoms with van der Waals surface area (Å²) in [6.07, 6.45) is 2.09. The van der Waals surface area contributed by atoms with E-state index in [-0.39, 0.29) is 30.8 Å². The molecule has 6 nitrogen and oxygen atoms in total. The number of nitrogens with zero attached hydrogens (tertiary/aromatic N) is 2. The van der Waals surface area contributed by atoms with Gasteiger partial charge in [0.2, 0.25) is 11.8 Å². The van der Waals surface area contributed by atoms with Gasteiger partial charge in [-0.1, -0.05) is 13.8 Å². The maximum atomic E-state index is 11.9. The summed E-state index contributed by atoms with van der Waals surface area (Å²) >= 11 is 0. The average Bonchev–Trinajstić information content (AvgIpc) is 3.11. The monoisotopic (exact) mass is 280 g/mol. The number of carbonyl (C=O) groups excluding carboxylic acids is 2. The molecule has 0 bridgehead atoms. The SMILES string of the molecule is CC(C)[C@](C)(C#N)NC(=O)CN(C)CC(=O)NC1CC1. The normalized spacial score (nSPS) is 17.4. The Bertz CT molecular complexity index is 412. The highest BCUT2D eigenvalue weighted by Crippen LogP contribution is 2.18. The van der Waals surface area contributed by atoms with Gasteiger partial charge in [0.1, 0.15) is 5.54 Å². The summed E-state index contributed by atoms with van der Waals surface area (Å²) in [6, 6.07) is 2.45. The van der Waals surface area contributed by atoms with E-state index in [4.69, 9.17) is 5.26 Å². The number of nitriles is 1. The lowest BCUT2D eigenvalue weighted by molar-refractivity contribution is -0.125. The van der Waals surface area contributed by atoms with Gasteiger partial charge >= 0.3 is 0 Å². The highest BCUT2D eigenvalue weighted by atomic mass is 16.2. The molecular formula is C14H24N4O2. The third-order valence-electron chi connectivity index (χ3n) is 3.56. The van der Waals surface area contributed by atoms with Gasteiger partial charge in [0, 0.05) is 6.04 Å². The second-order valence-electron chi connectivity index (χ2n) is 6.03. The molecule has 2 amide bonds. The van der Waals surface area contributed by atoms with Crippen LogP contribution in [-0.4, -0.2) is 48.4 Å². The minimum atomic E-state index is -0.881. The highest BCUT2D eigenvalue weighted by Gasteiger charge is 2.30. The third-order valence-corrected chi connectivity index (χ3v) is 3.56. The third kappa shape index (κ3) is 5.17. The van der Waals surface area contributed by atoms with Gasteiger partial charge in [0.05, 0.1) is 19.2 Å². The molecule has 0 unspecified atom stereocenters. The van der Waals surface area contributed by atoms with Gasteiger partial charge in [0.25, 0.3) is 0 Å². The number of hydrogen-bond donors (Lipinski definition) is 2. The van der Waals surface area contributed by atoms with E-state index in [1.54, 1.807) is 18.9 Å². The quantitative estimate of drug-likeness (QED) is 0.700. The first-order valence-electron chi connectivity index (χ1n) is 6.97. The predicted octanol–water partition coefficient (Wildman–Crippen LogP) is 0.251.